The summed E-state index contributed by atoms with van der Waals surface area (Å²) in [6, 6.07) is 6.76. The van der Waals surface area contributed by atoms with Crippen molar-refractivity contribution in [1.82, 2.24) is 9.38 Å². The van der Waals surface area contributed by atoms with E-state index in [4.69, 9.17) is 4.98 Å². The van der Waals surface area contributed by atoms with Gasteiger partial charge in [0.05, 0.1) is 5.69 Å². The molecule has 0 fully saturated rings. The third-order valence-electron chi connectivity index (χ3n) is 4.08. The molecule has 0 saturated heterocycles. The molecule has 0 unspecified atom stereocenters. The second-order valence-electron chi connectivity index (χ2n) is 5.46. The first-order valence-corrected chi connectivity index (χ1v) is 9.15. The fourth-order valence-corrected chi connectivity index (χ4v) is 4.36. The third kappa shape index (κ3) is 2.10. The van der Waals surface area contributed by atoms with E-state index in [0.29, 0.717) is 0 Å². The molecule has 0 saturated carbocycles. The van der Waals surface area contributed by atoms with Crippen LogP contribution < -0.4 is 4.90 Å². The van der Waals surface area contributed by atoms with Crippen LogP contribution >= 0.6 is 27.3 Å². The van der Waals surface area contributed by atoms with E-state index < -0.39 is 0 Å². The van der Waals surface area contributed by atoms with Crippen molar-refractivity contribution in [2.75, 3.05) is 11.4 Å². The Balaban J connectivity index is 1.88. The Bertz CT molecular complexity index is 805. The average molecular weight is 362 g/mol. The summed E-state index contributed by atoms with van der Waals surface area (Å²) in [5, 5.41) is 2.91. The van der Waals surface area contributed by atoms with E-state index in [1.165, 1.54) is 35.3 Å². The maximum absolute atomic E-state index is 4.87. The van der Waals surface area contributed by atoms with E-state index in [-0.39, 0.29) is 0 Å². The van der Waals surface area contributed by atoms with Crippen molar-refractivity contribution in [3.8, 4) is 0 Å². The number of fused-ring (bicyclic) bond motifs is 2. The summed E-state index contributed by atoms with van der Waals surface area (Å²) in [7, 11) is 0. The lowest BCUT2D eigenvalue weighted by molar-refractivity contribution is 0.758. The molecule has 3 nitrogen and oxygen atoms in total. The number of nitrogens with zero attached hydrogens (tertiary/aromatic N) is 3. The van der Waals surface area contributed by atoms with Crippen LogP contribution in [0.4, 0.5) is 11.5 Å². The lowest BCUT2D eigenvalue weighted by Crippen LogP contribution is -2.25. The first kappa shape index (κ1) is 13.3. The quantitative estimate of drug-likeness (QED) is 0.617. The van der Waals surface area contributed by atoms with Crippen LogP contribution in [0, 0.1) is 6.92 Å². The van der Waals surface area contributed by atoms with Crippen LogP contribution in [0.3, 0.4) is 0 Å². The summed E-state index contributed by atoms with van der Waals surface area (Å²) in [6.07, 6.45) is 4.45. The molecule has 1 aliphatic heterocycles. The van der Waals surface area contributed by atoms with Crippen LogP contribution in [-0.4, -0.2) is 15.9 Å². The molecule has 0 N–H and O–H groups in total. The molecular formula is C16H16BrN3S. The Hall–Kier alpha value is -1.33. The number of halogens is 1. The average Bonchev–Trinajstić information content (AvgIpc) is 3.06. The Kier molecular flexibility index (Phi) is 3.27. The smallest absolute Gasteiger partial charge is 0.195 e. The molecule has 5 heteroatoms. The molecule has 3 aromatic rings. The van der Waals surface area contributed by atoms with Gasteiger partial charge in [0.1, 0.15) is 0 Å². The van der Waals surface area contributed by atoms with Gasteiger partial charge < -0.3 is 4.90 Å². The van der Waals surface area contributed by atoms with Gasteiger partial charge in [-0.05, 0) is 31.4 Å². The maximum Gasteiger partial charge on any atom is 0.195 e. The predicted molar refractivity (Wildman–Crippen MR) is 92.2 cm³/mol. The molecule has 1 aliphatic rings. The van der Waals surface area contributed by atoms with Gasteiger partial charge in [-0.1, -0.05) is 33.6 Å². The van der Waals surface area contributed by atoms with Gasteiger partial charge in [0.25, 0.3) is 0 Å². The zero-order valence-corrected chi connectivity index (χ0v) is 14.2. The van der Waals surface area contributed by atoms with E-state index in [9.17, 15) is 0 Å². The SMILES string of the molecule is Cc1ccc2c(c1)CCCN2c1nc2sccn2c1CBr. The van der Waals surface area contributed by atoms with Gasteiger partial charge in [0, 0.05) is 29.1 Å². The van der Waals surface area contributed by atoms with Gasteiger partial charge in [-0.3, -0.25) is 4.40 Å². The Morgan fingerprint density at radius 3 is 3.14 bits per heavy atom. The molecule has 108 valence electrons. The molecule has 1 aromatic carbocycles. The molecule has 3 heterocycles. The van der Waals surface area contributed by atoms with Gasteiger partial charge in [0.15, 0.2) is 10.8 Å². The largest absolute Gasteiger partial charge is 0.325 e. The van der Waals surface area contributed by atoms with Crippen molar-refractivity contribution >= 4 is 43.7 Å². The normalized spacial score (nSPS) is 14.7. The lowest BCUT2D eigenvalue weighted by atomic mass is 9.99. The van der Waals surface area contributed by atoms with Crippen molar-refractivity contribution in [1.29, 1.82) is 0 Å². The summed E-state index contributed by atoms with van der Waals surface area (Å²) < 4.78 is 2.19. The molecule has 4 rings (SSSR count). The number of hydrogen-bond acceptors (Lipinski definition) is 3. The van der Waals surface area contributed by atoms with E-state index >= 15 is 0 Å². The highest BCUT2D eigenvalue weighted by molar-refractivity contribution is 9.08. The van der Waals surface area contributed by atoms with Crippen molar-refractivity contribution in [2.45, 2.75) is 25.1 Å². The standard InChI is InChI=1S/C16H16BrN3S/c1-11-4-5-13-12(9-11)3-2-6-19(13)15-14(10-17)20-7-8-21-16(20)18-15/h4-5,7-9H,2-3,6,10H2,1H3. The van der Waals surface area contributed by atoms with Gasteiger partial charge >= 0.3 is 0 Å². The van der Waals surface area contributed by atoms with Gasteiger partial charge in [-0.2, -0.15) is 0 Å². The highest BCUT2D eigenvalue weighted by Crippen LogP contribution is 2.36. The van der Waals surface area contributed by atoms with Crippen LogP contribution in [0.15, 0.2) is 29.8 Å². The minimum absolute atomic E-state index is 0.817. The van der Waals surface area contributed by atoms with Crippen molar-refractivity contribution < 1.29 is 0 Å². The first-order chi connectivity index (χ1) is 10.3. The van der Waals surface area contributed by atoms with Crippen LogP contribution in [0.25, 0.3) is 4.96 Å². The molecule has 0 atom stereocenters. The molecule has 0 bridgehead atoms. The number of anilines is 2. The molecule has 0 aliphatic carbocycles. The molecule has 0 radical (unpaired) electrons. The molecular weight excluding hydrogens is 346 g/mol. The minimum atomic E-state index is 0.817. The summed E-state index contributed by atoms with van der Waals surface area (Å²) in [6.45, 7) is 3.20. The molecule has 21 heavy (non-hydrogen) atoms. The van der Waals surface area contributed by atoms with Crippen molar-refractivity contribution in [3.05, 3.63) is 46.6 Å². The molecule has 0 spiro atoms. The number of thiazole rings is 1. The van der Waals surface area contributed by atoms with Gasteiger partial charge in [-0.15, -0.1) is 11.3 Å². The maximum atomic E-state index is 4.87. The summed E-state index contributed by atoms with van der Waals surface area (Å²) in [4.78, 5) is 8.32. The number of imidazole rings is 1. The lowest BCUT2D eigenvalue weighted by Gasteiger charge is -2.30. The van der Waals surface area contributed by atoms with Gasteiger partial charge in [0.2, 0.25) is 0 Å². The fraction of sp³-hybridized carbons (Fsp3) is 0.312. The van der Waals surface area contributed by atoms with E-state index in [1.807, 2.05) is 0 Å². The van der Waals surface area contributed by atoms with Crippen LogP contribution in [0.2, 0.25) is 0 Å². The van der Waals surface area contributed by atoms with Crippen LogP contribution in [0.5, 0.6) is 0 Å². The first-order valence-electron chi connectivity index (χ1n) is 7.15. The fourth-order valence-electron chi connectivity index (χ4n) is 3.11. The topological polar surface area (TPSA) is 20.5 Å². The predicted octanol–water partition coefficient (Wildman–Crippen LogP) is 4.68. The van der Waals surface area contributed by atoms with Crippen LogP contribution in [0.1, 0.15) is 23.2 Å². The number of benzene rings is 1. The summed E-state index contributed by atoms with van der Waals surface area (Å²) >= 11 is 5.32. The number of rotatable bonds is 2. The number of hydrogen-bond donors (Lipinski definition) is 0. The van der Waals surface area contributed by atoms with E-state index in [0.717, 1.165) is 22.7 Å². The third-order valence-corrected chi connectivity index (χ3v) is 5.36. The number of alkyl halides is 1. The highest BCUT2D eigenvalue weighted by atomic mass is 79.9. The number of aromatic nitrogens is 2. The molecule has 2 aromatic heterocycles. The second-order valence-corrected chi connectivity index (χ2v) is 6.89. The second kappa shape index (κ2) is 5.14. The minimum Gasteiger partial charge on any atom is -0.325 e. The number of aryl methyl sites for hydroxylation is 2. The Morgan fingerprint density at radius 1 is 1.38 bits per heavy atom. The Morgan fingerprint density at radius 2 is 2.29 bits per heavy atom. The monoisotopic (exact) mass is 361 g/mol. The van der Waals surface area contributed by atoms with E-state index in [1.54, 1.807) is 11.3 Å². The summed E-state index contributed by atoms with van der Waals surface area (Å²) in [5.74, 6) is 1.10. The Labute approximate surface area is 136 Å². The van der Waals surface area contributed by atoms with Crippen molar-refractivity contribution in [2.24, 2.45) is 0 Å². The van der Waals surface area contributed by atoms with Gasteiger partial charge in [-0.25, -0.2) is 4.98 Å². The molecule has 0 amide bonds. The zero-order chi connectivity index (χ0) is 14.4. The van der Waals surface area contributed by atoms with E-state index in [2.05, 4.69) is 61.9 Å². The zero-order valence-electron chi connectivity index (χ0n) is 11.8. The van der Waals surface area contributed by atoms with Crippen LogP contribution in [-0.2, 0) is 11.8 Å². The van der Waals surface area contributed by atoms with Crippen molar-refractivity contribution in [3.63, 3.8) is 0 Å². The summed E-state index contributed by atoms with van der Waals surface area (Å²) in [5.41, 5.74) is 5.33. The highest BCUT2D eigenvalue weighted by Gasteiger charge is 2.24.